The minimum atomic E-state index is -0.0253. The van der Waals surface area contributed by atoms with Crippen molar-refractivity contribution in [2.24, 2.45) is 0 Å². The molecule has 5 heteroatoms. The molecule has 1 heterocycles. The van der Waals surface area contributed by atoms with Crippen molar-refractivity contribution in [3.05, 3.63) is 0 Å². The van der Waals surface area contributed by atoms with Crippen LogP contribution >= 0.6 is 0 Å². The van der Waals surface area contributed by atoms with E-state index in [9.17, 15) is 0 Å². The van der Waals surface area contributed by atoms with Crippen molar-refractivity contribution in [3.8, 4) is 0 Å². The lowest BCUT2D eigenvalue weighted by molar-refractivity contribution is -0.169. The second-order valence-corrected chi connectivity index (χ2v) is 5.92. The van der Waals surface area contributed by atoms with Gasteiger partial charge in [0.25, 0.3) is 0 Å². The van der Waals surface area contributed by atoms with Crippen molar-refractivity contribution in [2.45, 2.75) is 64.6 Å². The van der Waals surface area contributed by atoms with Crippen LogP contribution in [0, 0.1) is 0 Å². The van der Waals surface area contributed by atoms with Gasteiger partial charge in [0, 0.05) is 13.2 Å². The maximum Gasteiger partial charge on any atom is 0.157 e. The Morgan fingerprint density at radius 1 is 0.739 bits per heavy atom. The number of rotatable bonds is 16. The quantitative estimate of drug-likeness (QED) is 0.405. The van der Waals surface area contributed by atoms with E-state index in [1.807, 2.05) is 0 Å². The number of hydrogen-bond donors (Lipinski definition) is 0. The number of ether oxygens (including phenoxy) is 5. The van der Waals surface area contributed by atoms with Crippen LogP contribution in [0.1, 0.15) is 58.3 Å². The third-order valence-electron chi connectivity index (χ3n) is 3.81. The molecule has 0 bridgehead atoms. The van der Waals surface area contributed by atoms with Gasteiger partial charge in [-0.1, -0.05) is 32.6 Å². The lowest BCUT2D eigenvalue weighted by Gasteiger charge is -2.22. The summed E-state index contributed by atoms with van der Waals surface area (Å²) in [4.78, 5) is 0. The van der Waals surface area contributed by atoms with Gasteiger partial charge in [-0.15, -0.1) is 0 Å². The van der Waals surface area contributed by atoms with E-state index in [0.29, 0.717) is 39.6 Å². The van der Waals surface area contributed by atoms with Gasteiger partial charge in [-0.3, -0.25) is 0 Å². The van der Waals surface area contributed by atoms with Gasteiger partial charge in [0.1, 0.15) is 0 Å². The fourth-order valence-electron chi connectivity index (χ4n) is 2.43. The van der Waals surface area contributed by atoms with Crippen LogP contribution in [0.5, 0.6) is 0 Å². The first-order chi connectivity index (χ1) is 11.4. The summed E-state index contributed by atoms with van der Waals surface area (Å²) in [7, 11) is 0. The monoisotopic (exact) mass is 332 g/mol. The van der Waals surface area contributed by atoms with Gasteiger partial charge in [-0.05, 0) is 25.7 Å². The minimum absolute atomic E-state index is 0.0253. The highest BCUT2D eigenvalue weighted by Crippen LogP contribution is 2.13. The van der Waals surface area contributed by atoms with Crippen molar-refractivity contribution >= 4 is 0 Å². The SMILES string of the molecule is CCCCCCCOCCOCCOCCOC1CCCCO1. The van der Waals surface area contributed by atoms with E-state index in [2.05, 4.69) is 6.92 Å². The normalized spacial score (nSPS) is 18.4. The second-order valence-electron chi connectivity index (χ2n) is 5.92. The largest absolute Gasteiger partial charge is 0.379 e. The molecule has 0 spiro atoms. The maximum absolute atomic E-state index is 5.58. The molecule has 0 aromatic carbocycles. The first-order valence-electron chi connectivity index (χ1n) is 9.40. The van der Waals surface area contributed by atoms with Crippen LogP contribution in [0.3, 0.4) is 0 Å². The van der Waals surface area contributed by atoms with Gasteiger partial charge in [-0.2, -0.15) is 0 Å². The topological polar surface area (TPSA) is 46.2 Å². The Labute approximate surface area is 142 Å². The van der Waals surface area contributed by atoms with Crippen LogP contribution in [0.25, 0.3) is 0 Å². The zero-order valence-corrected chi connectivity index (χ0v) is 14.9. The van der Waals surface area contributed by atoms with Crippen LogP contribution in [0.15, 0.2) is 0 Å². The van der Waals surface area contributed by atoms with E-state index < -0.39 is 0 Å². The molecular formula is C18H36O5. The maximum atomic E-state index is 5.58. The summed E-state index contributed by atoms with van der Waals surface area (Å²) >= 11 is 0. The van der Waals surface area contributed by atoms with Crippen molar-refractivity contribution in [1.29, 1.82) is 0 Å². The summed E-state index contributed by atoms with van der Waals surface area (Å²) in [5.41, 5.74) is 0. The zero-order chi connectivity index (χ0) is 16.4. The Hall–Kier alpha value is -0.200. The van der Waals surface area contributed by atoms with Crippen LogP contribution in [0.2, 0.25) is 0 Å². The Morgan fingerprint density at radius 2 is 1.39 bits per heavy atom. The van der Waals surface area contributed by atoms with E-state index >= 15 is 0 Å². The summed E-state index contributed by atoms with van der Waals surface area (Å²) in [6.07, 6.45) is 9.70. The van der Waals surface area contributed by atoms with Crippen LogP contribution in [0.4, 0.5) is 0 Å². The van der Waals surface area contributed by atoms with Gasteiger partial charge in [0.2, 0.25) is 0 Å². The standard InChI is InChI=1S/C18H36O5/c1-2-3-4-5-7-10-19-12-13-20-14-15-21-16-17-23-18-9-6-8-11-22-18/h18H,2-17H2,1H3. The predicted molar refractivity (Wildman–Crippen MR) is 90.8 cm³/mol. The molecule has 1 aliphatic heterocycles. The van der Waals surface area contributed by atoms with E-state index in [1.165, 1.54) is 32.1 Å². The van der Waals surface area contributed by atoms with Crippen LogP contribution in [-0.4, -0.2) is 59.1 Å². The molecule has 1 atom stereocenters. The van der Waals surface area contributed by atoms with Gasteiger partial charge < -0.3 is 23.7 Å². The van der Waals surface area contributed by atoms with Crippen LogP contribution < -0.4 is 0 Å². The molecule has 0 aromatic heterocycles. The Morgan fingerprint density at radius 3 is 2.04 bits per heavy atom. The molecule has 0 amide bonds. The molecule has 138 valence electrons. The molecule has 0 saturated carbocycles. The van der Waals surface area contributed by atoms with Crippen LogP contribution in [-0.2, 0) is 23.7 Å². The predicted octanol–water partition coefficient (Wildman–Crippen LogP) is 3.55. The van der Waals surface area contributed by atoms with Crippen molar-refractivity contribution in [2.75, 3.05) is 52.9 Å². The Balaban J connectivity index is 1.67. The van der Waals surface area contributed by atoms with Gasteiger partial charge >= 0.3 is 0 Å². The summed E-state index contributed by atoms with van der Waals surface area (Å²) in [6, 6.07) is 0. The highest BCUT2D eigenvalue weighted by molar-refractivity contribution is 4.53. The smallest absolute Gasteiger partial charge is 0.157 e. The molecule has 23 heavy (non-hydrogen) atoms. The average molecular weight is 332 g/mol. The molecule has 0 aliphatic carbocycles. The number of hydrogen-bond acceptors (Lipinski definition) is 5. The fraction of sp³-hybridized carbons (Fsp3) is 1.00. The van der Waals surface area contributed by atoms with Gasteiger partial charge in [-0.25, -0.2) is 0 Å². The molecule has 0 N–H and O–H groups in total. The van der Waals surface area contributed by atoms with E-state index in [0.717, 1.165) is 32.5 Å². The molecule has 1 aliphatic rings. The third kappa shape index (κ3) is 13.9. The fourth-order valence-corrected chi connectivity index (χ4v) is 2.43. The van der Waals surface area contributed by atoms with E-state index in [1.54, 1.807) is 0 Å². The Bertz CT molecular complexity index is 231. The molecule has 5 nitrogen and oxygen atoms in total. The van der Waals surface area contributed by atoms with Crippen molar-refractivity contribution in [3.63, 3.8) is 0 Å². The molecular weight excluding hydrogens is 296 g/mol. The minimum Gasteiger partial charge on any atom is -0.379 e. The molecule has 1 rings (SSSR count). The lowest BCUT2D eigenvalue weighted by atomic mass is 10.2. The highest BCUT2D eigenvalue weighted by atomic mass is 16.7. The highest BCUT2D eigenvalue weighted by Gasteiger charge is 2.13. The molecule has 0 aromatic rings. The van der Waals surface area contributed by atoms with Gasteiger partial charge in [0.05, 0.1) is 39.6 Å². The van der Waals surface area contributed by atoms with E-state index in [-0.39, 0.29) is 6.29 Å². The molecule has 1 saturated heterocycles. The Kier molecular flexibility index (Phi) is 15.1. The van der Waals surface area contributed by atoms with Crippen molar-refractivity contribution in [1.82, 2.24) is 0 Å². The lowest BCUT2D eigenvalue weighted by Crippen LogP contribution is -2.24. The molecule has 1 unspecified atom stereocenters. The first-order valence-corrected chi connectivity index (χ1v) is 9.40. The zero-order valence-electron chi connectivity index (χ0n) is 14.9. The first kappa shape index (κ1) is 20.8. The van der Waals surface area contributed by atoms with E-state index in [4.69, 9.17) is 23.7 Å². The summed E-state index contributed by atoms with van der Waals surface area (Å²) in [6.45, 7) is 7.62. The average Bonchev–Trinajstić information content (AvgIpc) is 2.59. The third-order valence-corrected chi connectivity index (χ3v) is 3.81. The number of unbranched alkanes of at least 4 members (excludes halogenated alkanes) is 4. The second kappa shape index (κ2) is 16.7. The van der Waals surface area contributed by atoms with Gasteiger partial charge in [0.15, 0.2) is 6.29 Å². The summed E-state index contributed by atoms with van der Waals surface area (Å²) in [5.74, 6) is 0. The molecule has 0 radical (unpaired) electrons. The summed E-state index contributed by atoms with van der Waals surface area (Å²) < 4.78 is 27.5. The molecule has 1 fully saturated rings. The summed E-state index contributed by atoms with van der Waals surface area (Å²) in [5, 5.41) is 0. The van der Waals surface area contributed by atoms with Crippen molar-refractivity contribution < 1.29 is 23.7 Å².